The summed E-state index contributed by atoms with van der Waals surface area (Å²) in [6.45, 7) is 2.92. The molecular weight excluding hydrogens is 378 g/mol. The lowest BCUT2D eigenvalue weighted by Crippen LogP contribution is -2.48. The minimum atomic E-state index is -0.216. The fourth-order valence-electron chi connectivity index (χ4n) is 3.41. The molecule has 4 rings (SSSR count). The molecule has 1 N–H and O–H groups in total. The summed E-state index contributed by atoms with van der Waals surface area (Å²) in [4.78, 5) is 28.7. The third-order valence-electron chi connectivity index (χ3n) is 5.03. The van der Waals surface area contributed by atoms with E-state index >= 15 is 0 Å². The molecule has 1 fully saturated rings. The first-order valence-corrected chi connectivity index (χ1v) is 9.91. The number of hydrogen-bond acceptors (Lipinski definition) is 4. The highest BCUT2D eigenvalue weighted by Crippen LogP contribution is 2.20. The molecule has 152 valence electrons. The molecule has 1 aromatic heterocycles. The standard InChI is InChI=1S/C24H23N3O3/c28-23(13-12-22-7-4-18-30-22)25-20-8-10-21(11-9-20)26-14-16-27(17-15-26)24(29)19-5-2-1-3-6-19/h1-13,18H,14-17H2,(H,25,28)/b13-12+. The first kappa shape index (κ1) is 19.5. The smallest absolute Gasteiger partial charge is 0.253 e. The molecule has 1 saturated heterocycles. The average molecular weight is 401 g/mol. The molecular formula is C24H23N3O3. The molecule has 0 spiro atoms. The second-order valence-electron chi connectivity index (χ2n) is 7.03. The van der Waals surface area contributed by atoms with Crippen molar-refractivity contribution < 1.29 is 14.0 Å². The molecule has 0 unspecified atom stereocenters. The number of anilines is 2. The Balaban J connectivity index is 1.29. The zero-order chi connectivity index (χ0) is 20.8. The third-order valence-corrected chi connectivity index (χ3v) is 5.03. The number of carbonyl (C=O) groups is 2. The molecule has 2 amide bonds. The summed E-state index contributed by atoms with van der Waals surface area (Å²) in [6.07, 6.45) is 4.63. The van der Waals surface area contributed by atoms with Gasteiger partial charge >= 0.3 is 0 Å². The predicted octanol–water partition coefficient (Wildman–Crippen LogP) is 3.89. The van der Waals surface area contributed by atoms with Crippen LogP contribution in [0, 0.1) is 0 Å². The first-order chi connectivity index (χ1) is 14.7. The molecule has 1 aliphatic heterocycles. The Morgan fingerprint density at radius 3 is 2.27 bits per heavy atom. The van der Waals surface area contributed by atoms with Crippen molar-refractivity contribution >= 4 is 29.3 Å². The van der Waals surface area contributed by atoms with E-state index in [9.17, 15) is 9.59 Å². The fraction of sp³-hybridized carbons (Fsp3) is 0.167. The molecule has 0 bridgehead atoms. The third kappa shape index (κ3) is 4.78. The van der Waals surface area contributed by atoms with Gasteiger partial charge in [-0.3, -0.25) is 9.59 Å². The Labute approximate surface area is 175 Å². The van der Waals surface area contributed by atoms with E-state index in [1.807, 2.05) is 59.5 Å². The molecule has 6 heteroatoms. The number of amides is 2. The van der Waals surface area contributed by atoms with Gasteiger partial charge in [-0.15, -0.1) is 0 Å². The van der Waals surface area contributed by atoms with Crippen LogP contribution >= 0.6 is 0 Å². The number of nitrogens with one attached hydrogen (secondary N) is 1. The Morgan fingerprint density at radius 2 is 1.60 bits per heavy atom. The zero-order valence-electron chi connectivity index (χ0n) is 16.5. The van der Waals surface area contributed by atoms with Crippen LogP contribution in [0.15, 0.2) is 83.5 Å². The summed E-state index contributed by atoms with van der Waals surface area (Å²) in [7, 11) is 0. The van der Waals surface area contributed by atoms with Crippen LogP contribution in [0.5, 0.6) is 0 Å². The van der Waals surface area contributed by atoms with E-state index in [1.54, 1.807) is 24.5 Å². The maximum absolute atomic E-state index is 12.6. The molecule has 2 heterocycles. The molecule has 30 heavy (non-hydrogen) atoms. The first-order valence-electron chi connectivity index (χ1n) is 9.91. The van der Waals surface area contributed by atoms with Gasteiger partial charge in [-0.05, 0) is 54.6 Å². The maximum Gasteiger partial charge on any atom is 0.253 e. The predicted molar refractivity (Wildman–Crippen MR) is 117 cm³/mol. The minimum absolute atomic E-state index is 0.0795. The fourth-order valence-corrected chi connectivity index (χ4v) is 3.41. The Kier molecular flexibility index (Phi) is 5.94. The van der Waals surface area contributed by atoms with Crippen molar-refractivity contribution in [3.63, 3.8) is 0 Å². The SMILES string of the molecule is O=C(/C=C/c1ccco1)Nc1ccc(N2CCN(C(=O)c3ccccc3)CC2)cc1. The van der Waals surface area contributed by atoms with Crippen LogP contribution in [-0.2, 0) is 4.79 Å². The number of piperazine rings is 1. The largest absolute Gasteiger partial charge is 0.465 e. The van der Waals surface area contributed by atoms with E-state index in [-0.39, 0.29) is 11.8 Å². The van der Waals surface area contributed by atoms with E-state index in [1.165, 1.54) is 6.08 Å². The number of rotatable bonds is 5. The summed E-state index contributed by atoms with van der Waals surface area (Å²) < 4.78 is 5.17. The monoisotopic (exact) mass is 401 g/mol. The van der Waals surface area contributed by atoms with Crippen molar-refractivity contribution in [2.45, 2.75) is 0 Å². The van der Waals surface area contributed by atoms with E-state index < -0.39 is 0 Å². The van der Waals surface area contributed by atoms with E-state index in [2.05, 4.69) is 10.2 Å². The van der Waals surface area contributed by atoms with Gasteiger partial charge in [0.1, 0.15) is 5.76 Å². The van der Waals surface area contributed by atoms with Gasteiger partial charge in [0, 0.05) is 49.2 Å². The summed E-state index contributed by atoms with van der Waals surface area (Å²) >= 11 is 0. The van der Waals surface area contributed by atoms with Crippen molar-refractivity contribution in [1.82, 2.24) is 4.90 Å². The minimum Gasteiger partial charge on any atom is -0.465 e. The van der Waals surface area contributed by atoms with Crippen LogP contribution in [0.4, 0.5) is 11.4 Å². The normalized spacial score (nSPS) is 14.1. The van der Waals surface area contributed by atoms with Crippen LogP contribution in [0.25, 0.3) is 6.08 Å². The van der Waals surface area contributed by atoms with Crippen LogP contribution in [0.3, 0.4) is 0 Å². The number of carbonyl (C=O) groups excluding carboxylic acids is 2. The summed E-state index contributed by atoms with van der Waals surface area (Å²) in [5.41, 5.74) is 2.53. The van der Waals surface area contributed by atoms with Crippen LogP contribution in [0.2, 0.25) is 0 Å². The molecule has 0 saturated carbocycles. The van der Waals surface area contributed by atoms with Gasteiger partial charge in [0.15, 0.2) is 0 Å². The van der Waals surface area contributed by atoms with Gasteiger partial charge in [0.2, 0.25) is 5.91 Å². The van der Waals surface area contributed by atoms with Gasteiger partial charge in [-0.1, -0.05) is 18.2 Å². The van der Waals surface area contributed by atoms with E-state index in [4.69, 9.17) is 4.42 Å². The number of furan rings is 1. The van der Waals surface area contributed by atoms with Crippen molar-refractivity contribution in [3.05, 3.63) is 90.4 Å². The lowest BCUT2D eigenvalue weighted by atomic mass is 10.1. The van der Waals surface area contributed by atoms with Crippen LogP contribution in [0.1, 0.15) is 16.1 Å². The molecule has 2 aromatic carbocycles. The van der Waals surface area contributed by atoms with Crippen LogP contribution < -0.4 is 10.2 Å². The maximum atomic E-state index is 12.6. The van der Waals surface area contributed by atoms with Gasteiger partial charge in [0.05, 0.1) is 6.26 Å². The number of hydrogen-bond donors (Lipinski definition) is 1. The second-order valence-corrected chi connectivity index (χ2v) is 7.03. The Morgan fingerprint density at radius 1 is 0.867 bits per heavy atom. The number of nitrogens with zero attached hydrogens (tertiary/aromatic N) is 2. The summed E-state index contributed by atoms with van der Waals surface area (Å²) in [5, 5.41) is 2.84. The summed E-state index contributed by atoms with van der Waals surface area (Å²) in [5.74, 6) is 0.494. The highest BCUT2D eigenvalue weighted by atomic mass is 16.3. The summed E-state index contributed by atoms with van der Waals surface area (Å²) in [6, 6.07) is 20.7. The molecule has 1 aliphatic rings. The van der Waals surface area contributed by atoms with Crippen molar-refractivity contribution in [3.8, 4) is 0 Å². The molecule has 0 radical (unpaired) electrons. The molecule has 0 aliphatic carbocycles. The Bertz CT molecular complexity index is 1000. The molecule has 6 nitrogen and oxygen atoms in total. The molecule has 0 atom stereocenters. The van der Waals surface area contributed by atoms with Crippen LogP contribution in [-0.4, -0.2) is 42.9 Å². The average Bonchev–Trinajstić information content (AvgIpc) is 3.32. The highest BCUT2D eigenvalue weighted by molar-refractivity contribution is 6.01. The van der Waals surface area contributed by atoms with Crippen molar-refractivity contribution in [1.29, 1.82) is 0 Å². The van der Waals surface area contributed by atoms with Gasteiger partial charge < -0.3 is 19.5 Å². The van der Waals surface area contributed by atoms with Gasteiger partial charge in [-0.25, -0.2) is 0 Å². The zero-order valence-corrected chi connectivity index (χ0v) is 16.5. The van der Waals surface area contributed by atoms with E-state index in [0.29, 0.717) is 18.8 Å². The Hall–Kier alpha value is -3.80. The van der Waals surface area contributed by atoms with Crippen molar-refractivity contribution in [2.24, 2.45) is 0 Å². The van der Waals surface area contributed by atoms with Gasteiger partial charge in [0.25, 0.3) is 5.91 Å². The highest BCUT2D eigenvalue weighted by Gasteiger charge is 2.22. The van der Waals surface area contributed by atoms with Crippen molar-refractivity contribution in [2.75, 3.05) is 36.4 Å². The quantitative estimate of drug-likeness (QED) is 0.659. The lowest BCUT2D eigenvalue weighted by molar-refractivity contribution is -0.111. The topological polar surface area (TPSA) is 65.8 Å². The molecule has 3 aromatic rings. The second kappa shape index (κ2) is 9.13. The van der Waals surface area contributed by atoms with E-state index in [0.717, 1.165) is 30.0 Å². The number of benzene rings is 2. The van der Waals surface area contributed by atoms with Gasteiger partial charge in [-0.2, -0.15) is 0 Å². The lowest BCUT2D eigenvalue weighted by Gasteiger charge is -2.36.